The first-order valence-electron chi connectivity index (χ1n) is 12.6. The molecule has 0 aliphatic rings. The van der Waals surface area contributed by atoms with Crippen LogP contribution in [0.15, 0.2) is 83.8 Å². The van der Waals surface area contributed by atoms with Crippen molar-refractivity contribution in [2.24, 2.45) is 0 Å². The van der Waals surface area contributed by atoms with E-state index in [4.69, 9.17) is 11.6 Å². The van der Waals surface area contributed by atoms with Gasteiger partial charge in [0.25, 0.3) is 10.0 Å². The number of rotatable bonds is 12. The Balaban J connectivity index is 2.06. The molecule has 2 amide bonds. The number of amides is 2. The summed E-state index contributed by atoms with van der Waals surface area (Å²) in [6, 6.07) is 21.3. The topological polar surface area (TPSA) is 86.8 Å². The van der Waals surface area contributed by atoms with Crippen LogP contribution in [0.1, 0.15) is 37.8 Å². The van der Waals surface area contributed by atoms with Gasteiger partial charge in [0.2, 0.25) is 11.8 Å². The molecule has 38 heavy (non-hydrogen) atoms. The molecule has 0 aromatic heterocycles. The standard InChI is InChI=1S/C29H34ClN3O4S/c1-4-19-31-29(35)26(5-2)32(20-23-14-10-11-17-25(23)30)28(34)21-33(27-18-12-9-13-22(27)3)38(36,37)24-15-7-6-8-16-24/h6-18,26H,4-5,19-21H2,1-3H3,(H,31,35)/t26-/m0/s1. The summed E-state index contributed by atoms with van der Waals surface area (Å²) >= 11 is 6.41. The van der Waals surface area contributed by atoms with E-state index in [1.54, 1.807) is 61.5 Å². The van der Waals surface area contributed by atoms with Crippen LogP contribution in [-0.2, 0) is 26.2 Å². The Morgan fingerprint density at radius 2 is 1.55 bits per heavy atom. The predicted octanol–water partition coefficient (Wildman–Crippen LogP) is 5.18. The lowest BCUT2D eigenvalue weighted by Gasteiger charge is -2.33. The zero-order chi connectivity index (χ0) is 27.7. The van der Waals surface area contributed by atoms with Crippen molar-refractivity contribution in [1.29, 1.82) is 0 Å². The van der Waals surface area contributed by atoms with Crippen molar-refractivity contribution in [3.8, 4) is 0 Å². The van der Waals surface area contributed by atoms with Crippen molar-refractivity contribution < 1.29 is 18.0 Å². The van der Waals surface area contributed by atoms with E-state index >= 15 is 0 Å². The Morgan fingerprint density at radius 1 is 0.921 bits per heavy atom. The van der Waals surface area contributed by atoms with Crippen LogP contribution in [0.3, 0.4) is 0 Å². The number of hydrogen-bond acceptors (Lipinski definition) is 4. The van der Waals surface area contributed by atoms with Crippen LogP contribution in [0.4, 0.5) is 5.69 Å². The van der Waals surface area contributed by atoms with Crippen LogP contribution >= 0.6 is 11.6 Å². The third kappa shape index (κ3) is 6.94. The zero-order valence-corrected chi connectivity index (χ0v) is 23.5. The molecule has 0 saturated heterocycles. The molecular weight excluding hydrogens is 522 g/mol. The number of para-hydroxylation sites is 1. The average molecular weight is 556 g/mol. The molecule has 0 bridgehead atoms. The maximum absolute atomic E-state index is 14.0. The third-order valence-electron chi connectivity index (χ3n) is 6.23. The van der Waals surface area contributed by atoms with E-state index in [-0.39, 0.29) is 17.3 Å². The number of carbonyl (C=O) groups is 2. The molecule has 1 N–H and O–H groups in total. The van der Waals surface area contributed by atoms with Crippen LogP contribution in [-0.4, -0.2) is 44.3 Å². The predicted molar refractivity (Wildman–Crippen MR) is 152 cm³/mol. The van der Waals surface area contributed by atoms with Gasteiger partial charge in [-0.05, 0) is 55.2 Å². The fraction of sp³-hybridized carbons (Fsp3) is 0.310. The van der Waals surface area contributed by atoms with Gasteiger partial charge in [0.1, 0.15) is 12.6 Å². The Labute approximate surface area is 230 Å². The van der Waals surface area contributed by atoms with Crippen molar-refractivity contribution in [1.82, 2.24) is 10.2 Å². The first-order valence-corrected chi connectivity index (χ1v) is 14.5. The third-order valence-corrected chi connectivity index (χ3v) is 8.37. The lowest BCUT2D eigenvalue weighted by atomic mass is 10.1. The molecule has 0 radical (unpaired) electrons. The van der Waals surface area contributed by atoms with Crippen LogP contribution in [0, 0.1) is 6.92 Å². The number of sulfonamides is 1. The van der Waals surface area contributed by atoms with E-state index in [1.807, 2.05) is 26.0 Å². The minimum atomic E-state index is -4.09. The van der Waals surface area contributed by atoms with E-state index in [1.165, 1.54) is 17.0 Å². The van der Waals surface area contributed by atoms with E-state index in [0.29, 0.717) is 34.8 Å². The van der Waals surface area contributed by atoms with Gasteiger partial charge in [-0.25, -0.2) is 8.42 Å². The second-order valence-corrected chi connectivity index (χ2v) is 11.2. The summed E-state index contributed by atoms with van der Waals surface area (Å²) in [7, 11) is -4.09. The van der Waals surface area contributed by atoms with Gasteiger partial charge in [-0.15, -0.1) is 0 Å². The molecule has 7 nitrogen and oxygen atoms in total. The van der Waals surface area contributed by atoms with Crippen LogP contribution < -0.4 is 9.62 Å². The molecule has 202 valence electrons. The highest BCUT2D eigenvalue weighted by atomic mass is 35.5. The van der Waals surface area contributed by atoms with Crippen molar-refractivity contribution in [3.63, 3.8) is 0 Å². The maximum Gasteiger partial charge on any atom is 0.264 e. The van der Waals surface area contributed by atoms with Gasteiger partial charge in [-0.3, -0.25) is 13.9 Å². The summed E-state index contributed by atoms with van der Waals surface area (Å²) in [5.41, 5.74) is 1.76. The van der Waals surface area contributed by atoms with Crippen molar-refractivity contribution >= 4 is 39.1 Å². The van der Waals surface area contributed by atoms with E-state index in [0.717, 1.165) is 10.7 Å². The van der Waals surface area contributed by atoms with E-state index in [9.17, 15) is 18.0 Å². The number of nitrogens with zero attached hydrogens (tertiary/aromatic N) is 2. The minimum Gasteiger partial charge on any atom is -0.354 e. The number of benzene rings is 3. The summed E-state index contributed by atoms with van der Waals surface area (Å²) in [4.78, 5) is 28.6. The zero-order valence-electron chi connectivity index (χ0n) is 21.9. The van der Waals surface area contributed by atoms with Gasteiger partial charge >= 0.3 is 0 Å². The Hall–Kier alpha value is -3.36. The van der Waals surface area contributed by atoms with Crippen molar-refractivity contribution in [2.45, 2.75) is 51.1 Å². The molecule has 9 heteroatoms. The van der Waals surface area contributed by atoms with Gasteiger partial charge in [-0.1, -0.05) is 80.0 Å². The second kappa shape index (κ2) is 13.4. The molecule has 0 saturated carbocycles. The fourth-order valence-electron chi connectivity index (χ4n) is 4.17. The van der Waals surface area contributed by atoms with Crippen LogP contribution in [0.25, 0.3) is 0 Å². The van der Waals surface area contributed by atoms with Crippen LogP contribution in [0.2, 0.25) is 5.02 Å². The second-order valence-electron chi connectivity index (χ2n) is 8.94. The monoisotopic (exact) mass is 555 g/mol. The molecule has 0 fully saturated rings. The van der Waals surface area contributed by atoms with Crippen molar-refractivity contribution in [2.75, 3.05) is 17.4 Å². The van der Waals surface area contributed by atoms with Crippen molar-refractivity contribution in [3.05, 3.63) is 95.0 Å². The van der Waals surface area contributed by atoms with E-state index < -0.39 is 28.5 Å². The molecule has 0 unspecified atom stereocenters. The summed E-state index contributed by atoms with van der Waals surface area (Å²) in [5.74, 6) is -0.797. The Kier molecular flexibility index (Phi) is 10.3. The Bertz CT molecular complexity index is 1350. The highest BCUT2D eigenvalue weighted by Crippen LogP contribution is 2.28. The summed E-state index contributed by atoms with van der Waals surface area (Å²) in [6.45, 7) is 5.61. The number of halogens is 1. The fourth-order valence-corrected chi connectivity index (χ4v) is 5.87. The highest BCUT2D eigenvalue weighted by molar-refractivity contribution is 7.92. The lowest BCUT2D eigenvalue weighted by molar-refractivity contribution is -0.140. The van der Waals surface area contributed by atoms with Gasteiger partial charge in [0.15, 0.2) is 0 Å². The largest absolute Gasteiger partial charge is 0.354 e. The first kappa shape index (κ1) is 29.2. The summed E-state index contributed by atoms with van der Waals surface area (Å²) < 4.78 is 28.8. The summed E-state index contributed by atoms with van der Waals surface area (Å²) in [5, 5.41) is 3.33. The SMILES string of the molecule is CCCNC(=O)[C@H](CC)N(Cc1ccccc1Cl)C(=O)CN(c1ccccc1C)S(=O)(=O)c1ccccc1. The number of nitrogens with one attached hydrogen (secondary N) is 1. The molecule has 3 aromatic rings. The van der Waals surface area contributed by atoms with E-state index in [2.05, 4.69) is 5.32 Å². The molecule has 3 rings (SSSR count). The quantitative estimate of drug-likeness (QED) is 0.334. The number of carbonyl (C=O) groups excluding carboxylic acids is 2. The van der Waals surface area contributed by atoms with Gasteiger partial charge in [0, 0.05) is 18.1 Å². The number of anilines is 1. The molecule has 3 aromatic carbocycles. The smallest absolute Gasteiger partial charge is 0.264 e. The van der Waals surface area contributed by atoms with Gasteiger partial charge in [-0.2, -0.15) is 0 Å². The number of hydrogen-bond donors (Lipinski definition) is 1. The summed E-state index contributed by atoms with van der Waals surface area (Å²) in [6.07, 6.45) is 1.10. The Morgan fingerprint density at radius 3 is 2.18 bits per heavy atom. The molecule has 1 atom stereocenters. The molecule has 0 heterocycles. The van der Waals surface area contributed by atoms with Gasteiger partial charge < -0.3 is 10.2 Å². The molecule has 0 spiro atoms. The molecular formula is C29H34ClN3O4S. The first-order chi connectivity index (χ1) is 18.2. The van der Waals surface area contributed by atoms with Crippen LogP contribution in [0.5, 0.6) is 0 Å². The normalized spacial score (nSPS) is 12.0. The average Bonchev–Trinajstić information content (AvgIpc) is 2.92. The molecule has 0 aliphatic heterocycles. The minimum absolute atomic E-state index is 0.0591. The lowest BCUT2D eigenvalue weighted by Crippen LogP contribution is -2.52. The number of aryl methyl sites for hydroxylation is 1. The highest BCUT2D eigenvalue weighted by Gasteiger charge is 2.34. The molecule has 0 aliphatic carbocycles. The van der Waals surface area contributed by atoms with Gasteiger partial charge in [0.05, 0.1) is 10.6 Å². The maximum atomic E-state index is 14.0.